The standard InChI is InChI=1S/C22H28N2O3/c1-26-20-11-10-17(16-21(20)27-2)6-5-9-22(25)23-13-15-24-14-12-18-7-3-4-8-19(18)24/h3-4,7-8,10-11,16H,5-6,9,12-15H2,1-2H3,(H,23,25). The molecular formula is C22H28N2O3. The van der Waals surface area contributed by atoms with Crippen molar-refractivity contribution in [1.29, 1.82) is 0 Å². The van der Waals surface area contributed by atoms with Gasteiger partial charge in [-0.1, -0.05) is 24.3 Å². The zero-order valence-corrected chi connectivity index (χ0v) is 16.2. The molecule has 27 heavy (non-hydrogen) atoms. The average molecular weight is 368 g/mol. The van der Waals surface area contributed by atoms with E-state index in [0.717, 1.165) is 49.4 Å². The Hall–Kier alpha value is -2.69. The van der Waals surface area contributed by atoms with Crippen molar-refractivity contribution < 1.29 is 14.3 Å². The lowest BCUT2D eigenvalue weighted by atomic mass is 10.1. The number of nitrogens with zero attached hydrogens (tertiary/aromatic N) is 1. The summed E-state index contributed by atoms with van der Waals surface area (Å²) < 4.78 is 10.6. The third-order valence-corrected chi connectivity index (χ3v) is 5.00. The second kappa shape index (κ2) is 9.31. The van der Waals surface area contributed by atoms with Gasteiger partial charge in [0.25, 0.3) is 0 Å². The molecule has 0 saturated carbocycles. The molecule has 5 nitrogen and oxygen atoms in total. The van der Waals surface area contributed by atoms with E-state index in [9.17, 15) is 4.79 Å². The molecule has 1 heterocycles. The Kier molecular flexibility index (Phi) is 6.58. The van der Waals surface area contributed by atoms with Gasteiger partial charge in [-0.05, 0) is 48.6 Å². The van der Waals surface area contributed by atoms with Crippen LogP contribution >= 0.6 is 0 Å². The van der Waals surface area contributed by atoms with Gasteiger partial charge < -0.3 is 19.7 Å². The number of rotatable bonds is 9. The molecule has 5 heteroatoms. The van der Waals surface area contributed by atoms with Crippen LogP contribution in [0, 0.1) is 0 Å². The van der Waals surface area contributed by atoms with Crippen molar-refractivity contribution in [3.8, 4) is 11.5 Å². The van der Waals surface area contributed by atoms with E-state index < -0.39 is 0 Å². The van der Waals surface area contributed by atoms with E-state index in [-0.39, 0.29) is 5.91 Å². The van der Waals surface area contributed by atoms with Crippen LogP contribution in [0.2, 0.25) is 0 Å². The van der Waals surface area contributed by atoms with Gasteiger partial charge in [-0.2, -0.15) is 0 Å². The smallest absolute Gasteiger partial charge is 0.220 e. The number of nitrogens with one attached hydrogen (secondary N) is 1. The van der Waals surface area contributed by atoms with E-state index >= 15 is 0 Å². The maximum atomic E-state index is 12.1. The normalized spacial score (nSPS) is 12.6. The lowest BCUT2D eigenvalue weighted by molar-refractivity contribution is -0.121. The molecule has 144 valence electrons. The number of hydrogen-bond acceptors (Lipinski definition) is 4. The molecule has 3 rings (SSSR count). The fourth-order valence-corrected chi connectivity index (χ4v) is 3.55. The van der Waals surface area contributed by atoms with Crippen LogP contribution in [0.4, 0.5) is 5.69 Å². The van der Waals surface area contributed by atoms with Crippen molar-refractivity contribution in [2.75, 3.05) is 38.8 Å². The van der Waals surface area contributed by atoms with E-state index in [1.165, 1.54) is 11.3 Å². The Balaban J connectivity index is 1.37. The molecule has 0 saturated heterocycles. The first-order valence-electron chi connectivity index (χ1n) is 9.51. The van der Waals surface area contributed by atoms with E-state index in [2.05, 4.69) is 34.5 Å². The molecule has 2 aromatic carbocycles. The molecule has 1 aliphatic rings. The number of methoxy groups -OCH3 is 2. The predicted octanol–water partition coefficient (Wildman–Crippen LogP) is 3.21. The van der Waals surface area contributed by atoms with Crippen molar-refractivity contribution >= 4 is 11.6 Å². The number of carbonyl (C=O) groups is 1. The number of ether oxygens (including phenoxy) is 2. The van der Waals surface area contributed by atoms with Crippen LogP contribution in [0.15, 0.2) is 42.5 Å². The van der Waals surface area contributed by atoms with Gasteiger partial charge in [0.1, 0.15) is 0 Å². The van der Waals surface area contributed by atoms with Gasteiger partial charge >= 0.3 is 0 Å². The number of aryl methyl sites for hydroxylation is 1. The van der Waals surface area contributed by atoms with Crippen LogP contribution in [-0.2, 0) is 17.6 Å². The lowest BCUT2D eigenvalue weighted by Gasteiger charge is -2.19. The molecule has 0 radical (unpaired) electrons. The Morgan fingerprint density at radius 1 is 1.11 bits per heavy atom. The summed E-state index contributed by atoms with van der Waals surface area (Å²) in [5.41, 5.74) is 3.85. The Morgan fingerprint density at radius 3 is 2.74 bits per heavy atom. The summed E-state index contributed by atoms with van der Waals surface area (Å²) in [6, 6.07) is 14.4. The monoisotopic (exact) mass is 368 g/mol. The molecule has 1 amide bonds. The largest absolute Gasteiger partial charge is 0.493 e. The zero-order valence-electron chi connectivity index (χ0n) is 16.2. The molecule has 0 atom stereocenters. The summed E-state index contributed by atoms with van der Waals surface area (Å²) in [6.07, 6.45) is 3.28. The van der Waals surface area contributed by atoms with Gasteiger partial charge in [0, 0.05) is 31.7 Å². The topological polar surface area (TPSA) is 50.8 Å². The predicted molar refractivity (Wildman–Crippen MR) is 108 cm³/mol. The second-order valence-electron chi connectivity index (χ2n) is 6.76. The van der Waals surface area contributed by atoms with Crippen molar-refractivity contribution in [1.82, 2.24) is 5.32 Å². The van der Waals surface area contributed by atoms with Crippen LogP contribution in [0.3, 0.4) is 0 Å². The fraction of sp³-hybridized carbons (Fsp3) is 0.409. The quantitative estimate of drug-likeness (QED) is 0.738. The van der Waals surface area contributed by atoms with Gasteiger partial charge in [0.05, 0.1) is 14.2 Å². The SMILES string of the molecule is COc1ccc(CCCC(=O)NCCN2CCc3ccccc32)cc1OC. The summed E-state index contributed by atoms with van der Waals surface area (Å²) in [7, 11) is 3.26. The number of carbonyl (C=O) groups excluding carboxylic acids is 1. The maximum absolute atomic E-state index is 12.1. The summed E-state index contributed by atoms with van der Waals surface area (Å²) in [6.45, 7) is 2.58. The van der Waals surface area contributed by atoms with Gasteiger partial charge in [-0.15, -0.1) is 0 Å². The average Bonchev–Trinajstić information content (AvgIpc) is 3.11. The van der Waals surface area contributed by atoms with E-state index in [0.29, 0.717) is 13.0 Å². The molecular weight excluding hydrogens is 340 g/mol. The Bertz CT molecular complexity index is 776. The van der Waals surface area contributed by atoms with Crippen LogP contribution in [0.1, 0.15) is 24.0 Å². The highest BCUT2D eigenvalue weighted by Gasteiger charge is 2.17. The first-order valence-corrected chi connectivity index (χ1v) is 9.51. The van der Waals surface area contributed by atoms with Crippen LogP contribution in [0.25, 0.3) is 0 Å². The summed E-state index contributed by atoms with van der Waals surface area (Å²) in [4.78, 5) is 14.4. The number of hydrogen-bond donors (Lipinski definition) is 1. The highest BCUT2D eigenvalue weighted by molar-refractivity contribution is 5.75. The first kappa shape index (κ1) is 19.1. The van der Waals surface area contributed by atoms with Gasteiger partial charge in [0.2, 0.25) is 5.91 Å². The lowest BCUT2D eigenvalue weighted by Crippen LogP contribution is -2.34. The van der Waals surface area contributed by atoms with Gasteiger partial charge in [-0.25, -0.2) is 0 Å². The molecule has 0 unspecified atom stereocenters. The number of amides is 1. The summed E-state index contributed by atoms with van der Waals surface area (Å²) >= 11 is 0. The van der Waals surface area contributed by atoms with E-state index in [1.54, 1.807) is 14.2 Å². The fourth-order valence-electron chi connectivity index (χ4n) is 3.55. The van der Waals surface area contributed by atoms with Crippen LogP contribution in [0.5, 0.6) is 11.5 Å². The molecule has 1 N–H and O–H groups in total. The van der Waals surface area contributed by atoms with E-state index in [1.807, 2.05) is 18.2 Å². The number of para-hydroxylation sites is 1. The Labute approximate surface area is 161 Å². The molecule has 0 spiro atoms. The van der Waals surface area contributed by atoms with Crippen LogP contribution in [-0.4, -0.2) is 39.8 Å². The Morgan fingerprint density at radius 2 is 1.93 bits per heavy atom. The molecule has 0 aliphatic carbocycles. The molecule has 1 aliphatic heterocycles. The first-order chi connectivity index (χ1) is 13.2. The highest BCUT2D eigenvalue weighted by Crippen LogP contribution is 2.28. The minimum Gasteiger partial charge on any atom is -0.493 e. The molecule has 0 fully saturated rings. The summed E-state index contributed by atoms with van der Waals surface area (Å²) in [5, 5.41) is 3.04. The molecule has 0 bridgehead atoms. The van der Waals surface area contributed by atoms with Gasteiger partial charge in [0.15, 0.2) is 11.5 Å². The van der Waals surface area contributed by atoms with E-state index in [4.69, 9.17) is 9.47 Å². The van der Waals surface area contributed by atoms with Crippen molar-refractivity contribution in [3.05, 3.63) is 53.6 Å². The zero-order chi connectivity index (χ0) is 19.1. The van der Waals surface area contributed by atoms with Crippen molar-refractivity contribution in [2.24, 2.45) is 0 Å². The number of fused-ring (bicyclic) bond motifs is 1. The minimum absolute atomic E-state index is 0.114. The highest BCUT2D eigenvalue weighted by atomic mass is 16.5. The van der Waals surface area contributed by atoms with Gasteiger partial charge in [-0.3, -0.25) is 4.79 Å². The minimum atomic E-state index is 0.114. The second-order valence-corrected chi connectivity index (χ2v) is 6.76. The third-order valence-electron chi connectivity index (χ3n) is 5.00. The van der Waals surface area contributed by atoms with Crippen molar-refractivity contribution in [3.63, 3.8) is 0 Å². The van der Waals surface area contributed by atoms with Crippen molar-refractivity contribution in [2.45, 2.75) is 25.7 Å². The number of anilines is 1. The maximum Gasteiger partial charge on any atom is 0.220 e. The number of benzene rings is 2. The third kappa shape index (κ3) is 4.94. The molecule has 0 aromatic heterocycles. The van der Waals surface area contributed by atoms with Crippen LogP contribution < -0.4 is 19.7 Å². The molecule has 2 aromatic rings. The summed E-state index contributed by atoms with van der Waals surface area (Å²) in [5.74, 6) is 1.57.